The molecule has 0 radical (unpaired) electrons. The van der Waals surface area contributed by atoms with E-state index < -0.39 is 29.9 Å². The van der Waals surface area contributed by atoms with Crippen molar-refractivity contribution in [3.8, 4) is 5.75 Å². The van der Waals surface area contributed by atoms with Crippen molar-refractivity contribution < 1.29 is 24.5 Å². The number of phenolic OH excluding ortho intramolecular Hbond substituents is 1. The largest absolute Gasteiger partial charge is 0.508 e. The van der Waals surface area contributed by atoms with Crippen molar-refractivity contribution in [1.82, 2.24) is 0 Å². The van der Waals surface area contributed by atoms with E-state index in [4.69, 9.17) is 9.84 Å². The van der Waals surface area contributed by atoms with Gasteiger partial charge in [-0.2, -0.15) is 0 Å². The smallest absolute Gasteiger partial charge is 0.317 e. The summed E-state index contributed by atoms with van der Waals surface area (Å²) in [7, 11) is 0. The molecule has 0 saturated carbocycles. The fraction of sp³-hybridized carbons (Fsp3) is 0.556. The van der Waals surface area contributed by atoms with Crippen molar-refractivity contribution in [2.24, 2.45) is 5.41 Å². The third-order valence-corrected chi connectivity index (χ3v) is 3.46. The van der Waals surface area contributed by atoms with Crippen LogP contribution in [0.4, 0.5) is 0 Å². The van der Waals surface area contributed by atoms with Crippen molar-refractivity contribution in [3.05, 3.63) is 29.3 Å². The highest BCUT2D eigenvalue weighted by Gasteiger charge is 2.34. The lowest BCUT2D eigenvalue weighted by atomic mass is 9.76. The predicted molar refractivity (Wildman–Crippen MR) is 87.3 cm³/mol. The maximum atomic E-state index is 11.9. The first-order valence-electron chi connectivity index (χ1n) is 7.57. The SMILES string of the molecule is CC(C)(C)c1cc(O)ccc1C(OC(=O)CC(=O)O)C(C)(C)C. The lowest BCUT2D eigenvalue weighted by Gasteiger charge is -2.34. The molecule has 1 rings (SSSR count). The molecular weight excluding hydrogens is 296 g/mol. The molecular formula is C18H26O5. The van der Waals surface area contributed by atoms with E-state index >= 15 is 0 Å². The molecule has 128 valence electrons. The maximum Gasteiger partial charge on any atom is 0.317 e. The van der Waals surface area contributed by atoms with Gasteiger partial charge >= 0.3 is 11.9 Å². The molecule has 1 atom stereocenters. The number of carbonyl (C=O) groups excluding carboxylic acids is 1. The minimum atomic E-state index is -1.22. The van der Waals surface area contributed by atoms with Gasteiger partial charge < -0.3 is 14.9 Å². The second kappa shape index (κ2) is 6.60. The minimum Gasteiger partial charge on any atom is -0.508 e. The molecule has 0 heterocycles. The fourth-order valence-electron chi connectivity index (χ4n) is 2.43. The van der Waals surface area contributed by atoms with Gasteiger partial charge in [-0.25, -0.2) is 0 Å². The van der Waals surface area contributed by atoms with Crippen molar-refractivity contribution in [1.29, 1.82) is 0 Å². The molecule has 0 amide bonds. The van der Waals surface area contributed by atoms with E-state index in [0.29, 0.717) is 0 Å². The van der Waals surface area contributed by atoms with Gasteiger partial charge in [-0.1, -0.05) is 47.6 Å². The van der Waals surface area contributed by atoms with E-state index in [-0.39, 0.29) is 11.2 Å². The van der Waals surface area contributed by atoms with Gasteiger partial charge in [0.2, 0.25) is 0 Å². The topological polar surface area (TPSA) is 83.8 Å². The number of ether oxygens (including phenoxy) is 1. The third-order valence-electron chi connectivity index (χ3n) is 3.46. The van der Waals surface area contributed by atoms with Gasteiger partial charge in [-0.3, -0.25) is 9.59 Å². The molecule has 0 aliphatic rings. The van der Waals surface area contributed by atoms with E-state index in [0.717, 1.165) is 11.1 Å². The lowest BCUT2D eigenvalue weighted by Crippen LogP contribution is -2.28. The summed E-state index contributed by atoms with van der Waals surface area (Å²) >= 11 is 0. The van der Waals surface area contributed by atoms with Crippen LogP contribution in [0.5, 0.6) is 5.75 Å². The average Bonchev–Trinajstić information content (AvgIpc) is 2.33. The molecule has 5 heteroatoms. The first-order chi connectivity index (χ1) is 10.3. The molecule has 2 N–H and O–H groups in total. The molecule has 1 aromatic carbocycles. The molecule has 1 unspecified atom stereocenters. The minimum absolute atomic E-state index is 0.142. The molecule has 0 bridgehead atoms. The van der Waals surface area contributed by atoms with Crippen LogP contribution in [0.15, 0.2) is 18.2 Å². The summed E-state index contributed by atoms with van der Waals surface area (Å²) in [5.74, 6) is -1.85. The summed E-state index contributed by atoms with van der Waals surface area (Å²) in [5.41, 5.74) is 0.948. The monoisotopic (exact) mass is 322 g/mol. The summed E-state index contributed by atoms with van der Waals surface area (Å²) in [6, 6.07) is 4.95. The molecule has 0 aliphatic heterocycles. The highest BCUT2D eigenvalue weighted by Crippen LogP contribution is 2.42. The van der Waals surface area contributed by atoms with E-state index in [1.165, 1.54) is 0 Å². The lowest BCUT2D eigenvalue weighted by molar-refractivity contribution is -0.160. The van der Waals surface area contributed by atoms with Crippen LogP contribution in [0.1, 0.15) is 65.2 Å². The van der Waals surface area contributed by atoms with Crippen LogP contribution >= 0.6 is 0 Å². The van der Waals surface area contributed by atoms with Crippen molar-refractivity contribution in [2.45, 2.75) is 59.5 Å². The first-order valence-corrected chi connectivity index (χ1v) is 7.57. The van der Waals surface area contributed by atoms with E-state index in [2.05, 4.69) is 0 Å². The number of phenols is 1. The zero-order chi connectivity index (χ0) is 18.0. The number of carbonyl (C=O) groups is 2. The Balaban J connectivity index is 3.34. The summed E-state index contributed by atoms with van der Waals surface area (Å²) < 4.78 is 5.49. The van der Waals surface area contributed by atoms with Crippen LogP contribution in [0.25, 0.3) is 0 Å². The Morgan fingerprint density at radius 3 is 2.13 bits per heavy atom. The van der Waals surface area contributed by atoms with Gasteiger partial charge in [0.05, 0.1) is 0 Å². The van der Waals surface area contributed by atoms with E-state index in [1.807, 2.05) is 41.5 Å². The normalized spacial score (nSPS) is 13.5. The second-order valence-corrected chi connectivity index (χ2v) is 7.83. The number of rotatable bonds is 4. The van der Waals surface area contributed by atoms with Crippen LogP contribution in [-0.2, 0) is 19.7 Å². The number of aromatic hydroxyl groups is 1. The third kappa shape index (κ3) is 5.27. The quantitative estimate of drug-likeness (QED) is 0.651. The zero-order valence-corrected chi connectivity index (χ0v) is 14.6. The molecule has 0 fully saturated rings. The van der Waals surface area contributed by atoms with Crippen LogP contribution in [0.3, 0.4) is 0 Å². The van der Waals surface area contributed by atoms with Crippen molar-refractivity contribution in [3.63, 3.8) is 0 Å². The van der Waals surface area contributed by atoms with Crippen LogP contribution in [0, 0.1) is 5.41 Å². The molecule has 0 spiro atoms. The molecule has 1 aromatic rings. The summed E-state index contributed by atoms with van der Waals surface area (Å²) in [4.78, 5) is 22.6. The maximum absolute atomic E-state index is 11.9. The van der Waals surface area contributed by atoms with Crippen LogP contribution < -0.4 is 0 Å². The van der Waals surface area contributed by atoms with Crippen molar-refractivity contribution >= 4 is 11.9 Å². The Bertz CT molecular complexity index is 590. The Kier molecular flexibility index (Phi) is 5.46. The zero-order valence-electron chi connectivity index (χ0n) is 14.6. The second-order valence-electron chi connectivity index (χ2n) is 7.83. The number of benzene rings is 1. The van der Waals surface area contributed by atoms with Gasteiger partial charge in [0, 0.05) is 5.41 Å². The number of aliphatic carboxylic acids is 1. The highest BCUT2D eigenvalue weighted by molar-refractivity contribution is 5.90. The fourth-order valence-corrected chi connectivity index (χ4v) is 2.43. The Morgan fingerprint density at radius 1 is 1.13 bits per heavy atom. The molecule has 5 nitrogen and oxygen atoms in total. The summed E-state index contributed by atoms with van der Waals surface area (Å²) in [6.07, 6.45) is -1.28. The highest BCUT2D eigenvalue weighted by atomic mass is 16.5. The summed E-state index contributed by atoms with van der Waals surface area (Å²) in [6.45, 7) is 11.8. The number of carboxylic acids is 1. The number of esters is 1. The van der Waals surface area contributed by atoms with Gasteiger partial charge in [0.1, 0.15) is 18.3 Å². The Labute approximate surface area is 137 Å². The van der Waals surface area contributed by atoms with E-state index in [9.17, 15) is 14.7 Å². The predicted octanol–water partition coefficient (Wildman–Crippen LogP) is 3.79. The molecule has 23 heavy (non-hydrogen) atoms. The van der Waals surface area contributed by atoms with Crippen LogP contribution in [0.2, 0.25) is 0 Å². The molecule has 0 aromatic heterocycles. The van der Waals surface area contributed by atoms with Gasteiger partial charge in [0.15, 0.2) is 0 Å². The number of hydrogen-bond donors (Lipinski definition) is 2. The standard InChI is InChI=1S/C18H26O5/c1-17(2,3)13-9-11(19)7-8-12(13)16(18(4,5)6)23-15(22)10-14(20)21/h7-9,16,19H,10H2,1-6H3,(H,20,21). The van der Waals surface area contributed by atoms with E-state index in [1.54, 1.807) is 18.2 Å². The summed E-state index contributed by atoms with van der Waals surface area (Å²) in [5, 5.41) is 18.6. The Morgan fingerprint density at radius 2 is 1.70 bits per heavy atom. The van der Waals surface area contributed by atoms with Gasteiger partial charge in [-0.15, -0.1) is 0 Å². The van der Waals surface area contributed by atoms with Gasteiger partial charge in [0.25, 0.3) is 0 Å². The van der Waals surface area contributed by atoms with Crippen LogP contribution in [-0.4, -0.2) is 22.2 Å². The number of hydrogen-bond acceptors (Lipinski definition) is 4. The van der Waals surface area contributed by atoms with Gasteiger partial charge in [-0.05, 0) is 28.7 Å². The van der Waals surface area contributed by atoms with Crippen molar-refractivity contribution in [2.75, 3.05) is 0 Å². The molecule has 0 saturated heterocycles. The number of carboxylic acid groups (broad SMARTS) is 1. The average molecular weight is 322 g/mol. The Hall–Kier alpha value is -2.04. The molecule has 0 aliphatic carbocycles. The first kappa shape index (κ1) is 19.0.